The summed E-state index contributed by atoms with van der Waals surface area (Å²) in [7, 11) is 4.01. The van der Waals surface area contributed by atoms with Gasteiger partial charge in [-0.3, -0.25) is 0 Å². The summed E-state index contributed by atoms with van der Waals surface area (Å²) in [5.74, 6) is -3.68. The molecule has 0 amide bonds. The fraction of sp³-hybridized carbons (Fsp3) is 0.750. The summed E-state index contributed by atoms with van der Waals surface area (Å²) in [6.45, 7) is 13.0. The number of aliphatic hydroxyl groups excluding tert-OH is 4. The molecule has 0 aromatic carbocycles. The van der Waals surface area contributed by atoms with Crippen molar-refractivity contribution in [3.05, 3.63) is 23.3 Å². The average Bonchev–Trinajstić information content (AvgIpc) is 2.76. The number of aliphatic hydroxyl groups is 4. The first kappa shape index (κ1) is 36.7. The van der Waals surface area contributed by atoms with Crippen molar-refractivity contribution in [2.75, 3.05) is 14.1 Å². The van der Waals surface area contributed by atoms with E-state index >= 15 is 0 Å². The second-order valence-corrected chi connectivity index (χ2v) is 8.64. The Labute approximate surface area is 204 Å². The normalized spacial score (nSPS) is 15.5. The van der Waals surface area contributed by atoms with Crippen molar-refractivity contribution < 1.29 is 40.2 Å². The number of hydrogen-bond acceptors (Lipinski definition) is 8. The maximum atomic E-state index is 10.1. The molecule has 8 N–H and O–H groups in total. The largest absolute Gasteiger partial charge is 0.479 e. The van der Waals surface area contributed by atoms with Crippen molar-refractivity contribution in [3.8, 4) is 0 Å². The molecule has 0 spiro atoms. The summed E-state index contributed by atoms with van der Waals surface area (Å²) in [5.41, 5.74) is 2.84. The van der Waals surface area contributed by atoms with E-state index in [1.165, 1.54) is 36.8 Å². The van der Waals surface area contributed by atoms with E-state index in [4.69, 9.17) is 30.6 Å². The molecule has 0 saturated carbocycles. The average molecular weight is 493 g/mol. The van der Waals surface area contributed by atoms with Crippen LogP contribution in [0.3, 0.4) is 0 Å². The first-order valence-electron chi connectivity index (χ1n) is 11.4. The van der Waals surface area contributed by atoms with Crippen LogP contribution in [0.15, 0.2) is 23.3 Å². The van der Waals surface area contributed by atoms with Crippen molar-refractivity contribution in [1.82, 2.24) is 10.6 Å². The van der Waals surface area contributed by atoms with Gasteiger partial charge in [-0.2, -0.15) is 0 Å². The van der Waals surface area contributed by atoms with Crippen LogP contribution in [0.1, 0.15) is 67.2 Å². The van der Waals surface area contributed by atoms with Gasteiger partial charge in [-0.05, 0) is 81.3 Å². The number of carboxylic acids is 2. The van der Waals surface area contributed by atoms with E-state index in [0.29, 0.717) is 12.1 Å². The van der Waals surface area contributed by atoms with E-state index in [0.717, 1.165) is 0 Å². The summed E-state index contributed by atoms with van der Waals surface area (Å²) in [5, 5.41) is 57.9. The lowest BCUT2D eigenvalue weighted by Gasteiger charge is -2.21. The summed E-state index contributed by atoms with van der Waals surface area (Å²) < 4.78 is 0. The summed E-state index contributed by atoms with van der Waals surface area (Å²) in [6, 6.07) is 1.30. The summed E-state index contributed by atoms with van der Waals surface area (Å²) in [6.07, 6.45) is 0.162. The molecule has 10 nitrogen and oxygen atoms in total. The lowest BCUT2D eigenvalue weighted by Crippen LogP contribution is -2.49. The van der Waals surface area contributed by atoms with Crippen molar-refractivity contribution in [2.45, 2.75) is 104 Å². The Morgan fingerprint density at radius 1 is 0.676 bits per heavy atom. The molecule has 0 saturated heterocycles. The number of carbonyl (C=O) groups is 2. The quantitative estimate of drug-likeness (QED) is 0.175. The highest BCUT2D eigenvalue weighted by atomic mass is 16.4. The Kier molecular flexibility index (Phi) is 23.4. The molecule has 0 aliphatic carbocycles. The van der Waals surface area contributed by atoms with Crippen molar-refractivity contribution >= 4 is 11.9 Å². The molecule has 0 fully saturated rings. The highest BCUT2D eigenvalue weighted by molar-refractivity contribution is 5.75. The number of aliphatic carboxylic acids is 2. The second kappa shape index (κ2) is 21.7. The van der Waals surface area contributed by atoms with Crippen LogP contribution in [-0.2, 0) is 9.59 Å². The van der Waals surface area contributed by atoms with E-state index < -0.39 is 36.4 Å². The minimum Gasteiger partial charge on any atom is -0.479 e. The third-order valence-corrected chi connectivity index (χ3v) is 4.79. The maximum Gasteiger partial charge on any atom is 0.335 e. The highest BCUT2D eigenvalue weighted by Gasteiger charge is 2.37. The predicted octanol–water partition coefficient (Wildman–Crippen LogP) is 1.28. The molecule has 0 aliphatic heterocycles. The van der Waals surface area contributed by atoms with Gasteiger partial charge in [-0.15, -0.1) is 0 Å². The van der Waals surface area contributed by atoms with Crippen LogP contribution in [0.5, 0.6) is 0 Å². The minimum atomic E-state index is -2.36. The maximum absolute atomic E-state index is 10.1. The minimum absolute atomic E-state index is 0.649. The molecule has 2 unspecified atom stereocenters. The SMILES string of the molecule is CNC(C)CCC=C(C)C.CNC(C)CCC=C(C)C.O=C(O)[C@@H](O)[C@H](O)[C@H](O)[C@@H](O)C(=O)O. The monoisotopic (exact) mass is 492 g/mol. The molecular weight excluding hydrogens is 444 g/mol. The molecule has 202 valence electrons. The van der Waals surface area contributed by atoms with Gasteiger partial charge in [0, 0.05) is 12.1 Å². The highest BCUT2D eigenvalue weighted by Crippen LogP contribution is 2.05. The lowest BCUT2D eigenvalue weighted by molar-refractivity contribution is -0.172. The Balaban J connectivity index is -0.000000434. The van der Waals surface area contributed by atoms with Crippen molar-refractivity contribution in [3.63, 3.8) is 0 Å². The predicted molar refractivity (Wildman–Crippen MR) is 134 cm³/mol. The van der Waals surface area contributed by atoms with Crippen LogP contribution < -0.4 is 10.6 Å². The zero-order valence-electron chi connectivity index (χ0n) is 21.9. The number of allylic oxidation sites excluding steroid dienone is 4. The standard InChI is InChI=1S/2C9H19N.C6H10O8/c2*1-8(2)6-5-7-9(3)10-4;7-1(3(9)5(11)12)2(8)4(10)6(13)14/h2*6,9-10H,5,7H2,1-4H3;1-4,7-10H,(H,11,12)(H,13,14)/t;;1-,2+,3+,4-. The molecular formula is C24H48N2O8. The molecule has 0 aliphatic rings. The van der Waals surface area contributed by atoms with Gasteiger partial charge in [0.1, 0.15) is 12.2 Å². The lowest BCUT2D eigenvalue weighted by atomic mass is 10.0. The van der Waals surface area contributed by atoms with Crippen LogP contribution in [-0.4, -0.2) is 93.2 Å². The van der Waals surface area contributed by atoms with Crippen LogP contribution in [0, 0.1) is 0 Å². The number of hydrogen-bond donors (Lipinski definition) is 8. The molecule has 6 atom stereocenters. The molecule has 0 heterocycles. The smallest absolute Gasteiger partial charge is 0.335 e. The van der Waals surface area contributed by atoms with Gasteiger partial charge in [0.2, 0.25) is 0 Å². The summed E-state index contributed by atoms with van der Waals surface area (Å²) in [4.78, 5) is 20.2. The topological polar surface area (TPSA) is 180 Å². The molecule has 0 rings (SSSR count). The molecule has 34 heavy (non-hydrogen) atoms. The fourth-order valence-electron chi connectivity index (χ4n) is 2.20. The first-order chi connectivity index (χ1) is 15.6. The first-order valence-corrected chi connectivity index (χ1v) is 11.4. The number of carboxylic acid groups (broad SMARTS) is 2. The van der Waals surface area contributed by atoms with Gasteiger partial charge in [0.25, 0.3) is 0 Å². The molecule has 10 heteroatoms. The van der Waals surface area contributed by atoms with Crippen LogP contribution in [0.4, 0.5) is 0 Å². The van der Waals surface area contributed by atoms with Gasteiger partial charge < -0.3 is 41.3 Å². The molecule has 0 bridgehead atoms. The van der Waals surface area contributed by atoms with Gasteiger partial charge in [-0.25, -0.2) is 9.59 Å². The van der Waals surface area contributed by atoms with Gasteiger partial charge in [0.05, 0.1) is 0 Å². The summed E-state index contributed by atoms with van der Waals surface area (Å²) >= 11 is 0. The Hall–Kier alpha value is -1.82. The third-order valence-electron chi connectivity index (χ3n) is 4.79. The molecule has 0 aromatic rings. The van der Waals surface area contributed by atoms with Crippen molar-refractivity contribution in [1.29, 1.82) is 0 Å². The van der Waals surface area contributed by atoms with Crippen LogP contribution in [0.2, 0.25) is 0 Å². The van der Waals surface area contributed by atoms with E-state index in [1.54, 1.807) is 0 Å². The fourth-order valence-corrected chi connectivity index (χ4v) is 2.20. The van der Waals surface area contributed by atoms with E-state index in [1.807, 2.05) is 14.1 Å². The molecule has 0 aromatic heterocycles. The molecule has 0 radical (unpaired) electrons. The van der Waals surface area contributed by atoms with Crippen LogP contribution in [0.25, 0.3) is 0 Å². The third kappa shape index (κ3) is 22.0. The van der Waals surface area contributed by atoms with Crippen LogP contribution >= 0.6 is 0 Å². The van der Waals surface area contributed by atoms with Crippen molar-refractivity contribution in [2.24, 2.45) is 0 Å². The second-order valence-electron chi connectivity index (χ2n) is 8.64. The van der Waals surface area contributed by atoms with Gasteiger partial charge >= 0.3 is 11.9 Å². The zero-order valence-corrected chi connectivity index (χ0v) is 21.9. The number of rotatable bonds is 13. The van der Waals surface area contributed by atoms with Gasteiger partial charge in [0.15, 0.2) is 12.2 Å². The van der Waals surface area contributed by atoms with E-state index in [2.05, 4.69) is 64.3 Å². The van der Waals surface area contributed by atoms with E-state index in [-0.39, 0.29) is 0 Å². The Morgan fingerprint density at radius 3 is 1.12 bits per heavy atom. The Bertz CT molecular complexity index is 550. The van der Waals surface area contributed by atoms with Gasteiger partial charge in [-0.1, -0.05) is 23.3 Å². The zero-order chi connectivity index (χ0) is 27.4. The Morgan fingerprint density at radius 2 is 0.941 bits per heavy atom. The number of nitrogens with one attached hydrogen (secondary N) is 2. The van der Waals surface area contributed by atoms with E-state index in [9.17, 15) is 9.59 Å².